The quantitative estimate of drug-likeness (QED) is 0.392. The highest BCUT2D eigenvalue weighted by Crippen LogP contribution is 2.48. The molecule has 10 heteroatoms. The number of carbonyl (C=O) groups excluding carboxylic acids is 3. The molecule has 0 aromatic heterocycles. The van der Waals surface area contributed by atoms with E-state index in [0.717, 1.165) is 0 Å². The maximum absolute atomic E-state index is 15.0. The van der Waals surface area contributed by atoms with E-state index in [1.54, 1.807) is 30.3 Å². The largest absolute Gasteiger partial charge is 0.508 e. The Hall–Kier alpha value is -3.97. The molecule has 1 aliphatic heterocycles. The van der Waals surface area contributed by atoms with Crippen molar-refractivity contribution in [3.63, 3.8) is 0 Å². The number of halogens is 2. The van der Waals surface area contributed by atoms with E-state index in [9.17, 15) is 24.6 Å². The number of phenolic OH excluding ortho intramolecular Hbond substituents is 1. The van der Waals surface area contributed by atoms with Crippen molar-refractivity contribution in [1.29, 1.82) is 0 Å². The summed E-state index contributed by atoms with van der Waals surface area (Å²) in [7, 11) is 0. The lowest BCUT2D eigenvalue weighted by molar-refractivity contribution is -0.148. The van der Waals surface area contributed by atoms with Crippen LogP contribution in [-0.4, -0.2) is 70.0 Å². The van der Waals surface area contributed by atoms with Gasteiger partial charge in [-0.1, -0.05) is 56.2 Å². The highest BCUT2D eigenvalue weighted by atomic mass is 19.3. The third-order valence-corrected chi connectivity index (χ3v) is 7.00. The number of aliphatic hydroxyl groups excluding tert-OH is 1. The van der Waals surface area contributed by atoms with Crippen molar-refractivity contribution in [2.75, 3.05) is 13.1 Å². The Bertz CT molecular complexity index is 1240. The molecule has 2 aromatic rings. The normalized spacial score (nSPS) is 19.2. The molecule has 3 rings (SSSR count). The van der Waals surface area contributed by atoms with Crippen molar-refractivity contribution < 1.29 is 33.4 Å². The first-order valence-electron chi connectivity index (χ1n) is 12.0. The van der Waals surface area contributed by atoms with Gasteiger partial charge in [-0.2, -0.15) is 0 Å². The predicted octanol–water partition coefficient (Wildman–Crippen LogP) is 2.02. The Morgan fingerprint density at radius 3 is 2.45 bits per heavy atom. The summed E-state index contributed by atoms with van der Waals surface area (Å²) in [5, 5.41) is 26.1. The second-order valence-corrected chi connectivity index (χ2v) is 9.88. The predicted molar refractivity (Wildman–Crippen MR) is 136 cm³/mol. The molecule has 3 atom stereocenters. The highest BCUT2D eigenvalue weighted by Gasteiger charge is 2.64. The number of alkyl halides is 2. The minimum absolute atomic E-state index is 0.0149. The zero-order valence-corrected chi connectivity index (χ0v) is 21.4. The maximum atomic E-state index is 15.0. The van der Waals surface area contributed by atoms with Gasteiger partial charge in [0.1, 0.15) is 11.8 Å². The van der Waals surface area contributed by atoms with E-state index < -0.39 is 53.8 Å². The van der Waals surface area contributed by atoms with Gasteiger partial charge in [0.15, 0.2) is 6.10 Å². The number of benzene rings is 2. The number of carbonyl (C=O) groups is 3. The van der Waals surface area contributed by atoms with Crippen LogP contribution in [0.15, 0.2) is 48.5 Å². The van der Waals surface area contributed by atoms with Gasteiger partial charge in [-0.15, -0.1) is 6.42 Å². The summed E-state index contributed by atoms with van der Waals surface area (Å²) in [6.45, 7) is 2.55. The second-order valence-electron chi connectivity index (χ2n) is 9.88. The number of terminal acetylenes is 1. The molecule has 1 heterocycles. The van der Waals surface area contributed by atoms with Gasteiger partial charge in [0.05, 0.1) is 24.5 Å². The molecule has 3 amide bonds. The summed E-state index contributed by atoms with van der Waals surface area (Å²) < 4.78 is 30.0. The van der Waals surface area contributed by atoms with Crippen molar-refractivity contribution in [1.82, 2.24) is 15.5 Å². The first-order valence-corrected chi connectivity index (χ1v) is 12.0. The minimum atomic E-state index is -3.45. The standard InChI is InChI=1S/C28H31F2N3O5/c1-5-14-31-25(37)23-27(3,4)28(29,30)16-33(23)26(38)22(35)20(15-18-10-7-6-8-11-18)32-24(36)19-12-9-13-21(34)17(19)2/h1,6-13,20,22-23,34-35H,14-16H2,2-4H3,(H,31,37)(H,32,36)/t20-,22-,23+/m0/s1. The van der Waals surface area contributed by atoms with Crippen LogP contribution in [-0.2, 0) is 16.0 Å². The van der Waals surface area contributed by atoms with Crippen LogP contribution in [0.1, 0.15) is 35.3 Å². The molecule has 0 unspecified atom stereocenters. The average molecular weight is 528 g/mol. The van der Waals surface area contributed by atoms with Gasteiger partial charge >= 0.3 is 0 Å². The molecule has 4 N–H and O–H groups in total. The molecule has 1 saturated heterocycles. The number of nitrogens with one attached hydrogen (secondary N) is 2. The van der Waals surface area contributed by atoms with Crippen molar-refractivity contribution in [2.24, 2.45) is 5.41 Å². The lowest BCUT2D eigenvalue weighted by Crippen LogP contribution is -2.57. The molecule has 1 aliphatic rings. The van der Waals surface area contributed by atoms with E-state index in [1.807, 2.05) is 0 Å². The van der Waals surface area contributed by atoms with Crippen molar-refractivity contribution in [3.05, 3.63) is 65.2 Å². The Morgan fingerprint density at radius 2 is 1.82 bits per heavy atom. The van der Waals surface area contributed by atoms with Gasteiger partial charge in [0.2, 0.25) is 5.91 Å². The number of hydrogen-bond donors (Lipinski definition) is 4. The van der Waals surface area contributed by atoms with Crippen molar-refractivity contribution in [2.45, 2.75) is 51.3 Å². The van der Waals surface area contributed by atoms with E-state index in [-0.39, 0.29) is 29.8 Å². The van der Waals surface area contributed by atoms with Crippen molar-refractivity contribution in [3.8, 4) is 18.1 Å². The fraction of sp³-hybridized carbons (Fsp3) is 0.393. The summed E-state index contributed by atoms with van der Waals surface area (Å²) in [6.07, 6.45) is 3.19. The number of nitrogens with zero attached hydrogens (tertiary/aromatic N) is 1. The molecule has 0 bridgehead atoms. The van der Waals surface area contributed by atoms with Crippen LogP contribution in [0.2, 0.25) is 0 Å². The van der Waals surface area contributed by atoms with Crippen LogP contribution in [0.4, 0.5) is 8.78 Å². The molecule has 0 saturated carbocycles. The SMILES string of the molecule is C#CCNC(=O)[C@H]1N(C(=O)[C@@H](O)[C@H](Cc2ccccc2)NC(=O)c2cccc(O)c2C)CC(F)(F)C1(C)C. The summed E-state index contributed by atoms with van der Waals surface area (Å²) in [5.41, 5.74) is -0.899. The van der Waals surface area contributed by atoms with E-state index in [0.29, 0.717) is 10.5 Å². The number of amides is 3. The van der Waals surface area contributed by atoms with E-state index in [2.05, 4.69) is 16.6 Å². The van der Waals surface area contributed by atoms with E-state index in [4.69, 9.17) is 6.42 Å². The van der Waals surface area contributed by atoms with Gasteiger partial charge < -0.3 is 25.7 Å². The second kappa shape index (κ2) is 11.2. The zero-order chi connectivity index (χ0) is 28.3. The third kappa shape index (κ3) is 5.63. The molecular formula is C28H31F2N3O5. The number of likely N-dealkylation sites (tertiary alicyclic amines) is 1. The van der Waals surface area contributed by atoms with Crippen LogP contribution in [0, 0.1) is 24.7 Å². The van der Waals surface area contributed by atoms with Crippen LogP contribution in [0.25, 0.3) is 0 Å². The van der Waals surface area contributed by atoms with Crippen LogP contribution < -0.4 is 10.6 Å². The van der Waals surface area contributed by atoms with Gasteiger partial charge in [0.25, 0.3) is 17.7 Å². The third-order valence-electron chi connectivity index (χ3n) is 7.00. The monoisotopic (exact) mass is 527 g/mol. The first-order chi connectivity index (χ1) is 17.8. The van der Waals surface area contributed by atoms with Gasteiger partial charge in [-0.05, 0) is 31.0 Å². The fourth-order valence-electron chi connectivity index (χ4n) is 4.58. The molecule has 2 aromatic carbocycles. The summed E-state index contributed by atoms with van der Waals surface area (Å²) in [5.74, 6) is -4.06. The highest BCUT2D eigenvalue weighted by molar-refractivity contribution is 5.97. The molecule has 1 fully saturated rings. The lowest BCUT2D eigenvalue weighted by Gasteiger charge is -2.34. The fourth-order valence-corrected chi connectivity index (χ4v) is 4.58. The molecule has 0 spiro atoms. The zero-order valence-electron chi connectivity index (χ0n) is 21.4. The number of phenols is 1. The van der Waals surface area contributed by atoms with Crippen LogP contribution in [0.5, 0.6) is 5.75 Å². The number of aliphatic hydroxyl groups is 1. The lowest BCUT2D eigenvalue weighted by atomic mass is 9.81. The summed E-state index contributed by atoms with van der Waals surface area (Å²) in [4.78, 5) is 40.1. The molecule has 0 aliphatic carbocycles. The molecular weight excluding hydrogens is 496 g/mol. The summed E-state index contributed by atoms with van der Waals surface area (Å²) in [6, 6.07) is 10.2. The number of hydrogen-bond acceptors (Lipinski definition) is 5. The number of rotatable bonds is 8. The topological polar surface area (TPSA) is 119 Å². The Labute approximate surface area is 220 Å². The Morgan fingerprint density at radius 1 is 1.16 bits per heavy atom. The van der Waals surface area contributed by atoms with Crippen LogP contribution >= 0.6 is 0 Å². The van der Waals surface area contributed by atoms with E-state index in [1.165, 1.54) is 39.0 Å². The van der Waals surface area contributed by atoms with Gasteiger partial charge in [-0.25, -0.2) is 8.78 Å². The van der Waals surface area contributed by atoms with E-state index >= 15 is 8.78 Å². The smallest absolute Gasteiger partial charge is 0.272 e. The molecule has 38 heavy (non-hydrogen) atoms. The minimum Gasteiger partial charge on any atom is -0.508 e. The average Bonchev–Trinajstić information content (AvgIpc) is 3.07. The maximum Gasteiger partial charge on any atom is 0.272 e. The molecule has 0 radical (unpaired) electrons. The van der Waals surface area contributed by atoms with Gasteiger partial charge in [-0.3, -0.25) is 14.4 Å². The number of aromatic hydroxyl groups is 1. The molecule has 8 nitrogen and oxygen atoms in total. The first kappa shape index (κ1) is 28.6. The van der Waals surface area contributed by atoms with Gasteiger partial charge in [0, 0.05) is 11.1 Å². The summed E-state index contributed by atoms with van der Waals surface area (Å²) >= 11 is 0. The molecule has 202 valence electrons. The Balaban J connectivity index is 1.95. The Kier molecular flexibility index (Phi) is 8.42. The van der Waals surface area contributed by atoms with Crippen molar-refractivity contribution >= 4 is 17.7 Å². The van der Waals surface area contributed by atoms with Crippen LogP contribution in [0.3, 0.4) is 0 Å².